The molecule has 0 amide bonds. The van der Waals surface area contributed by atoms with Gasteiger partial charge < -0.3 is 0 Å². The van der Waals surface area contributed by atoms with Crippen LogP contribution in [-0.2, 0) is 19.4 Å². The summed E-state index contributed by atoms with van der Waals surface area (Å²) in [6.45, 7) is 5.74. The topological polar surface area (TPSA) is 8.81 Å². The summed E-state index contributed by atoms with van der Waals surface area (Å²) in [7, 11) is 0. The van der Waals surface area contributed by atoms with Crippen molar-refractivity contribution in [1.29, 1.82) is 0 Å². The third-order valence-corrected chi connectivity index (χ3v) is 7.79. The molecule has 2 nitrogen and oxygen atoms in total. The molecule has 200 valence electrons. The number of para-hydroxylation sites is 1. The van der Waals surface area contributed by atoms with Crippen LogP contribution in [0.5, 0.6) is 0 Å². The van der Waals surface area contributed by atoms with Gasteiger partial charge in [-0.1, -0.05) is 138 Å². The summed E-state index contributed by atoms with van der Waals surface area (Å²) in [5.74, 6) is 1.84. The van der Waals surface area contributed by atoms with Crippen molar-refractivity contribution >= 4 is 0 Å². The molecule has 4 rings (SSSR count). The van der Waals surface area contributed by atoms with Crippen molar-refractivity contribution in [3.8, 4) is 5.69 Å². The molecule has 1 heterocycles. The van der Waals surface area contributed by atoms with E-state index in [1.54, 1.807) is 0 Å². The molecule has 0 N–H and O–H groups in total. The highest BCUT2D eigenvalue weighted by molar-refractivity contribution is 5.26. The third kappa shape index (κ3) is 8.18. The zero-order chi connectivity index (χ0) is 26.4. The van der Waals surface area contributed by atoms with Crippen LogP contribution in [0.1, 0.15) is 100 Å². The maximum absolute atomic E-state index is 2.56. The molecule has 0 fully saturated rings. The molecule has 0 saturated carbocycles. The predicted octanol–water partition coefficient (Wildman–Crippen LogP) is 9.23. The van der Waals surface area contributed by atoms with Crippen LogP contribution >= 0.6 is 0 Å². The molecular weight excluding hydrogens is 460 g/mol. The van der Waals surface area contributed by atoms with Crippen LogP contribution in [0, 0.1) is 0 Å². The Morgan fingerprint density at radius 2 is 1.21 bits per heavy atom. The summed E-state index contributed by atoms with van der Waals surface area (Å²) >= 11 is 0. The third-order valence-electron chi connectivity index (χ3n) is 7.79. The minimum atomic E-state index is 0.458. The van der Waals surface area contributed by atoms with Gasteiger partial charge in [0.1, 0.15) is 17.6 Å². The van der Waals surface area contributed by atoms with Gasteiger partial charge in [-0.05, 0) is 42.0 Å². The maximum Gasteiger partial charge on any atom is 0.266 e. The number of nitrogens with zero attached hydrogens (tertiary/aromatic N) is 2. The molecular formula is C36H47N2+. The van der Waals surface area contributed by atoms with Crippen LogP contribution in [0.2, 0.25) is 0 Å². The normalized spacial score (nSPS) is 12.1. The van der Waals surface area contributed by atoms with Gasteiger partial charge in [0.15, 0.2) is 0 Å². The summed E-state index contributed by atoms with van der Waals surface area (Å²) in [6, 6.07) is 32.9. The van der Waals surface area contributed by atoms with Crippen LogP contribution in [0.25, 0.3) is 5.69 Å². The molecule has 4 aromatic rings. The second-order valence-electron chi connectivity index (χ2n) is 10.9. The van der Waals surface area contributed by atoms with Crippen molar-refractivity contribution < 1.29 is 4.57 Å². The highest BCUT2D eigenvalue weighted by atomic mass is 15.2. The largest absolute Gasteiger partial charge is 0.266 e. The van der Waals surface area contributed by atoms with Crippen LogP contribution in [-0.4, -0.2) is 4.57 Å². The summed E-state index contributed by atoms with van der Waals surface area (Å²) in [5, 5.41) is 0. The first-order valence-electron chi connectivity index (χ1n) is 15.0. The molecule has 0 saturated heterocycles. The summed E-state index contributed by atoms with van der Waals surface area (Å²) < 4.78 is 5.11. The molecule has 38 heavy (non-hydrogen) atoms. The second kappa shape index (κ2) is 15.3. The molecule has 0 radical (unpaired) electrons. The lowest BCUT2D eigenvalue weighted by Gasteiger charge is -2.11. The number of hydrogen-bond donors (Lipinski definition) is 0. The summed E-state index contributed by atoms with van der Waals surface area (Å²) in [4.78, 5) is 0. The summed E-state index contributed by atoms with van der Waals surface area (Å²) in [5.41, 5.74) is 5.43. The standard InChI is InChI=1S/C36H47N2/c1-3-4-5-6-7-8-9-10-20-27-37-30-35(28-31(2)33-23-16-12-17-24-33)38(34-25-18-13-19-26-34)36(37)29-32-21-14-11-15-22-32/h11-19,21-26,30-31H,3-10,20,27-29H2,1-2H3/q+1. The van der Waals surface area contributed by atoms with E-state index in [1.807, 2.05) is 0 Å². The van der Waals surface area contributed by atoms with E-state index in [1.165, 1.54) is 86.1 Å². The number of rotatable bonds is 16. The molecule has 1 unspecified atom stereocenters. The van der Waals surface area contributed by atoms with Crippen molar-refractivity contribution in [2.45, 2.75) is 96.9 Å². The second-order valence-corrected chi connectivity index (χ2v) is 10.9. The Bertz CT molecular complexity index is 1180. The molecule has 0 bridgehead atoms. The quantitative estimate of drug-likeness (QED) is 0.106. The number of imidazole rings is 1. The highest BCUT2D eigenvalue weighted by Gasteiger charge is 2.26. The molecule has 0 aliphatic rings. The van der Waals surface area contributed by atoms with Gasteiger partial charge in [0.2, 0.25) is 0 Å². The Labute approximate surface area is 231 Å². The highest BCUT2D eigenvalue weighted by Crippen LogP contribution is 2.22. The van der Waals surface area contributed by atoms with Crippen molar-refractivity contribution in [1.82, 2.24) is 4.57 Å². The van der Waals surface area contributed by atoms with Gasteiger partial charge >= 0.3 is 0 Å². The number of unbranched alkanes of at least 4 members (excludes halogenated alkanes) is 8. The molecule has 3 aromatic carbocycles. The number of aromatic nitrogens is 2. The minimum Gasteiger partial charge on any atom is -0.233 e. The Hall–Kier alpha value is -3.13. The lowest BCUT2D eigenvalue weighted by Crippen LogP contribution is -2.39. The van der Waals surface area contributed by atoms with Gasteiger partial charge in [-0.15, -0.1) is 0 Å². The fourth-order valence-corrected chi connectivity index (χ4v) is 5.60. The molecule has 0 spiro atoms. The van der Waals surface area contributed by atoms with Crippen molar-refractivity contribution in [2.75, 3.05) is 0 Å². The zero-order valence-corrected chi connectivity index (χ0v) is 23.7. The van der Waals surface area contributed by atoms with E-state index in [4.69, 9.17) is 0 Å². The van der Waals surface area contributed by atoms with Crippen molar-refractivity contribution in [2.24, 2.45) is 0 Å². The lowest BCUT2D eigenvalue weighted by molar-refractivity contribution is -0.612. The zero-order valence-electron chi connectivity index (χ0n) is 23.7. The van der Waals surface area contributed by atoms with E-state index in [0.717, 1.165) is 19.4 Å². The van der Waals surface area contributed by atoms with Crippen LogP contribution in [0.15, 0.2) is 97.2 Å². The first-order chi connectivity index (χ1) is 18.8. The van der Waals surface area contributed by atoms with E-state index < -0.39 is 0 Å². The molecule has 1 atom stereocenters. The average molecular weight is 508 g/mol. The fraction of sp³-hybridized carbons (Fsp3) is 0.417. The smallest absolute Gasteiger partial charge is 0.233 e. The Morgan fingerprint density at radius 3 is 1.84 bits per heavy atom. The average Bonchev–Trinajstić information content (AvgIpc) is 3.29. The Morgan fingerprint density at radius 1 is 0.658 bits per heavy atom. The first-order valence-corrected chi connectivity index (χ1v) is 15.0. The van der Waals surface area contributed by atoms with Crippen LogP contribution in [0.4, 0.5) is 0 Å². The monoisotopic (exact) mass is 507 g/mol. The fourth-order valence-electron chi connectivity index (χ4n) is 5.60. The van der Waals surface area contributed by atoms with Gasteiger partial charge in [-0.25, -0.2) is 4.57 Å². The van der Waals surface area contributed by atoms with E-state index in [9.17, 15) is 0 Å². The predicted molar refractivity (Wildman–Crippen MR) is 161 cm³/mol. The number of aryl methyl sites for hydroxylation is 1. The molecule has 2 heteroatoms. The number of hydrogen-bond acceptors (Lipinski definition) is 0. The van der Waals surface area contributed by atoms with E-state index in [2.05, 4.69) is 120 Å². The minimum absolute atomic E-state index is 0.458. The maximum atomic E-state index is 2.56. The van der Waals surface area contributed by atoms with E-state index in [0.29, 0.717) is 5.92 Å². The van der Waals surface area contributed by atoms with E-state index >= 15 is 0 Å². The Kier molecular flexibility index (Phi) is 11.2. The summed E-state index contributed by atoms with van der Waals surface area (Å²) in [6.07, 6.45) is 16.7. The van der Waals surface area contributed by atoms with Gasteiger partial charge in [-0.3, -0.25) is 0 Å². The lowest BCUT2D eigenvalue weighted by atomic mass is 9.96. The number of benzene rings is 3. The van der Waals surface area contributed by atoms with E-state index in [-0.39, 0.29) is 0 Å². The first kappa shape index (κ1) is 27.9. The SMILES string of the molecule is CCCCCCCCCCCn1cc(CC(C)c2ccccc2)[n+](-c2ccccc2)c1Cc1ccccc1. The Balaban J connectivity index is 1.56. The van der Waals surface area contributed by atoms with Gasteiger partial charge in [0.25, 0.3) is 5.82 Å². The van der Waals surface area contributed by atoms with Gasteiger partial charge in [0.05, 0.1) is 13.0 Å². The molecule has 0 aliphatic heterocycles. The van der Waals surface area contributed by atoms with Gasteiger partial charge in [-0.2, -0.15) is 4.57 Å². The van der Waals surface area contributed by atoms with Crippen molar-refractivity contribution in [3.63, 3.8) is 0 Å². The van der Waals surface area contributed by atoms with Gasteiger partial charge in [0, 0.05) is 6.42 Å². The molecule has 0 aliphatic carbocycles. The molecule has 1 aromatic heterocycles. The van der Waals surface area contributed by atoms with Crippen LogP contribution in [0.3, 0.4) is 0 Å². The van der Waals surface area contributed by atoms with Crippen molar-refractivity contribution in [3.05, 3.63) is 120 Å². The van der Waals surface area contributed by atoms with Crippen LogP contribution < -0.4 is 4.57 Å².